The SMILES string of the molecule is c1ccc(COC[C@H]2O[C@@H]2CSc2ccccc2)cc1. The third-order valence-electron chi connectivity index (χ3n) is 3.24. The van der Waals surface area contributed by atoms with E-state index in [1.807, 2.05) is 36.0 Å². The van der Waals surface area contributed by atoms with E-state index in [0.29, 0.717) is 19.3 Å². The molecule has 0 bridgehead atoms. The van der Waals surface area contributed by atoms with Gasteiger partial charge in [0.15, 0.2) is 0 Å². The van der Waals surface area contributed by atoms with Crippen LogP contribution in [0, 0.1) is 0 Å². The molecule has 104 valence electrons. The van der Waals surface area contributed by atoms with Crippen LogP contribution in [-0.2, 0) is 16.1 Å². The van der Waals surface area contributed by atoms with E-state index in [2.05, 4.69) is 36.4 Å². The van der Waals surface area contributed by atoms with Crippen molar-refractivity contribution in [2.75, 3.05) is 12.4 Å². The Morgan fingerprint density at radius 2 is 1.60 bits per heavy atom. The first-order chi connectivity index (χ1) is 9.92. The first-order valence-electron chi connectivity index (χ1n) is 6.87. The molecule has 0 unspecified atom stereocenters. The highest BCUT2D eigenvalue weighted by Gasteiger charge is 2.38. The fraction of sp³-hybridized carbons (Fsp3) is 0.294. The first kappa shape index (κ1) is 13.7. The van der Waals surface area contributed by atoms with Gasteiger partial charge >= 0.3 is 0 Å². The van der Waals surface area contributed by atoms with Crippen LogP contribution in [0.3, 0.4) is 0 Å². The van der Waals surface area contributed by atoms with Gasteiger partial charge in [0.1, 0.15) is 6.10 Å². The molecule has 0 amide bonds. The zero-order valence-corrected chi connectivity index (χ0v) is 12.1. The Balaban J connectivity index is 1.32. The summed E-state index contributed by atoms with van der Waals surface area (Å²) in [4.78, 5) is 1.30. The van der Waals surface area contributed by atoms with E-state index in [9.17, 15) is 0 Å². The minimum absolute atomic E-state index is 0.273. The van der Waals surface area contributed by atoms with Crippen LogP contribution in [-0.4, -0.2) is 24.6 Å². The summed E-state index contributed by atoms with van der Waals surface area (Å²) in [5, 5.41) is 0. The molecular weight excluding hydrogens is 268 g/mol. The molecule has 0 aliphatic carbocycles. The van der Waals surface area contributed by atoms with Gasteiger partial charge in [0.25, 0.3) is 0 Å². The fourth-order valence-corrected chi connectivity index (χ4v) is 3.03. The van der Waals surface area contributed by atoms with Crippen molar-refractivity contribution in [1.82, 2.24) is 0 Å². The molecule has 2 nitrogen and oxygen atoms in total. The summed E-state index contributed by atoms with van der Waals surface area (Å²) in [7, 11) is 0. The Morgan fingerprint density at radius 1 is 0.900 bits per heavy atom. The van der Waals surface area contributed by atoms with Gasteiger partial charge in [0.2, 0.25) is 0 Å². The van der Waals surface area contributed by atoms with Crippen LogP contribution in [0.15, 0.2) is 65.6 Å². The lowest BCUT2D eigenvalue weighted by Crippen LogP contribution is -2.06. The number of hydrogen-bond donors (Lipinski definition) is 0. The molecule has 0 radical (unpaired) electrons. The summed E-state index contributed by atoms with van der Waals surface area (Å²) >= 11 is 1.84. The van der Waals surface area contributed by atoms with Crippen molar-refractivity contribution in [2.45, 2.75) is 23.7 Å². The Bertz CT molecular complexity index is 515. The second kappa shape index (κ2) is 6.93. The quantitative estimate of drug-likeness (QED) is 0.571. The minimum atomic E-state index is 0.273. The average molecular weight is 286 g/mol. The minimum Gasteiger partial charge on any atom is -0.374 e. The highest BCUT2D eigenvalue weighted by molar-refractivity contribution is 7.99. The second-order valence-corrected chi connectivity index (χ2v) is 5.93. The van der Waals surface area contributed by atoms with Crippen molar-refractivity contribution in [3.8, 4) is 0 Å². The normalized spacial score (nSPS) is 20.8. The number of thioether (sulfide) groups is 1. The second-order valence-electron chi connectivity index (χ2n) is 4.84. The molecule has 3 rings (SSSR count). The van der Waals surface area contributed by atoms with Crippen LogP contribution >= 0.6 is 11.8 Å². The van der Waals surface area contributed by atoms with Crippen LogP contribution in [0.25, 0.3) is 0 Å². The van der Waals surface area contributed by atoms with Gasteiger partial charge in [0, 0.05) is 10.6 Å². The van der Waals surface area contributed by atoms with E-state index < -0.39 is 0 Å². The molecular formula is C17H18O2S. The third kappa shape index (κ3) is 4.10. The molecule has 1 aliphatic heterocycles. The lowest BCUT2D eigenvalue weighted by atomic mass is 10.2. The summed E-state index contributed by atoms with van der Waals surface area (Å²) in [5.74, 6) is 1.00. The number of ether oxygens (including phenoxy) is 2. The summed E-state index contributed by atoms with van der Waals surface area (Å²) in [6, 6.07) is 20.7. The molecule has 0 saturated carbocycles. The van der Waals surface area contributed by atoms with Crippen molar-refractivity contribution in [2.24, 2.45) is 0 Å². The van der Waals surface area contributed by atoms with Crippen LogP contribution in [0.1, 0.15) is 5.56 Å². The van der Waals surface area contributed by atoms with Gasteiger partial charge in [-0.2, -0.15) is 0 Å². The number of benzene rings is 2. The number of epoxide rings is 1. The molecule has 1 fully saturated rings. The van der Waals surface area contributed by atoms with Crippen molar-refractivity contribution < 1.29 is 9.47 Å². The molecule has 2 aromatic rings. The smallest absolute Gasteiger partial charge is 0.108 e. The predicted molar refractivity (Wildman–Crippen MR) is 81.9 cm³/mol. The van der Waals surface area contributed by atoms with Crippen molar-refractivity contribution in [3.05, 3.63) is 66.2 Å². The Labute approximate surface area is 124 Å². The van der Waals surface area contributed by atoms with Crippen molar-refractivity contribution in [1.29, 1.82) is 0 Å². The van der Waals surface area contributed by atoms with Gasteiger partial charge in [-0.1, -0.05) is 48.5 Å². The molecule has 2 atom stereocenters. The van der Waals surface area contributed by atoms with E-state index in [1.165, 1.54) is 10.5 Å². The number of hydrogen-bond acceptors (Lipinski definition) is 3. The van der Waals surface area contributed by atoms with E-state index >= 15 is 0 Å². The zero-order chi connectivity index (χ0) is 13.6. The van der Waals surface area contributed by atoms with Gasteiger partial charge in [-0.3, -0.25) is 0 Å². The summed E-state index contributed by atoms with van der Waals surface area (Å²) in [6.07, 6.45) is 0.617. The van der Waals surface area contributed by atoms with E-state index in [-0.39, 0.29) is 6.10 Å². The maximum absolute atomic E-state index is 5.69. The highest BCUT2D eigenvalue weighted by atomic mass is 32.2. The molecule has 3 heteroatoms. The Hall–Kier alpha value is -1.29. The fourth-order valence-electron chi connectivity index (χ4n) is 2.03. The van der Waals surface area contributed by atoms with Gasteiger partial charge in [-0.15, -0.1) is 11.8 Å². The molecule has 1 aliphatic rings. The van der Waals surface area contributed by atoms with Crippen molar-refractivity contribution >= 4 is 11.8 Å². The lowest BCUT2D eigenvalue weighted by molar-refractivity contribution is 0.104. The first-order valence-corrected chi connectivity index (χ1v) is 7.85. The van der Waals surface area contributed by atoms with Crippen LogP contribution in [0.2, 0.25) is 0 Å². The standard InChI is InChI=1S/C17H18O2S/c1-3-7-14(8-4-1)11-18-12-16-17(19-16)13-20-15-9-5-2-6-10-15/h1-10,16-17H,11-13H2/t16-,17-/m1/s1. The van der Waals surface area contributed by atoms with Gasteiger partial charge in [-0.25, -0.2) is 0 Å². The summed E-state index contributed by atoms with van der Waals surface area (Å²) in [5.41, 5.74) is 1.21. The van der Waals surface area contributed by atoms with Crippen LogP contribution < -0.4 is 0 Å². The van der Waals surface area contributed by atoms with Gasteiger partial charge < -0.3 is 9.47 Å². The molecule has 1 saturated heterocycles. The Morgan fingerprint density at radius 3 is 2.35 bits per heavy atom. The molecule has 0 aromatic heterocycles. The molecule has 1 heterocycles. The zero-order valence-electron chi connectivity index (χ0n) is 11.3. The van der Waals surface area contributed by atoms with Gasteiger partial charge in [0.05, 0.1) is 19.3 Å². The summed E-state index contributed by atoms with van der Waals surface area (Å²) in [6.45, 7) is 1.36. The maximum atomic E-state index is 5.69. The predicted octanol–water partition coefficient (Wildman–Crippen LogP) is 3.76. The topological polar surface area (TPSA) is 21.8 Å². The van der Waals surface area contributed by atoms with Crippen molar-refractivity contribution in [3.63, 3.8) is 0 Å². The number of rotatable bonds is 7. The largest absolute Gasteiger partial charge is 0.374 e. The maximum Gasteiger partial charge on any atom is 0.108 e. The van der Waals surface area contributed by atoms with Gasteiger partial charge in [-0.05, 0) is 17.7 Å². The van der Waals surface area contributed by atoms with Crippen LogP contribution in [0.5, 0.6) is 0 Å². The van der Waals surface area contributed by atoms with E-state index in [1.54, 1.807) is 0 Å². The highest BCUT2D eigenvalue weighted by Crippen LogP contribution is 2.29. The summed E-state index contributed by atoms with van der Waals surface area (Å²) < 4.78 is 11.3. The molecule has 0 spiro atoms. The lowest BCUT2D eigenvalue weighted by Gasteiger charge is -2.02. The average Bonchev–Trinajstić information content (AvgIpc) is 3.26. The molecule has 20 heavy (non-hydrogen) atoms. The molecule has 0 N–H and O–H groups in total. The third-order valence-corrected chi connectivity index (χ3v) is 4.34. The van der Waals surface area contributed by atoms with E-state index in [0.717, 1.165) is 5.75 Å². The van der Waals surface area contributed by atoms with E-state index in [4.69, 9.17) is 9.47 Å². The Kier molecular flexibility index (Phi) is 4.74. The van der Waals surface area contributed by atoms with Crippen LogP contribution in [0.4, 0.5) is 0 Å². The molecule has 2 aromatic carbocycles. The monoisotopic (exact) mass is 286 g/mol.